The van der Waals surface area contributed by atoms with E-state index in [1.54, 1.807) is 12.1 Å². The van der Waals surface area contributed by atoms with E-state index in [0.717, 1.165) is 12.1 Å². The van der Waals surface area contributed by atoms with Gasteiger partial charge in [-0.1, -0.05) is 12.1 Å². The van der Waals surface area contributed by atoms with Crippen LogP contribution in [0.5, 0.6) is 5.88 Å². The molecule has 0 radical (unpaired) electrons. The van der Waals surface area contributed by atoms with Gasteiger partial charge in [0.05, 0.1) is 18.6 Å². The summed E-state index contributed by atoms with van der Waals surface area (Å²) in [7, 11) is 1.42. The van der Waals surface area contributed by atoms with Gasteiger partial charge in [-0.2, -0.15) is 13.2 Å². The molecule has 1 fully saturated rings. The largest absolute Gasteiger partial charge is 0.480 e. The fourth-order valence-electron chi connectivity index (χ4n) is 3.05. The Balaban J connectivity index is 1.66. The van der Waals surface area contributed by atoms with Gasteiger partial charge >= 0.3 is 6.18 Å². The molecule has 2 heterocycles. The lowest BCUT2D eigenvalue weighted by molar-refractivity contribution is -0.137. The number of nitrogens with one attached hydrogen (secondary N) is 1. The van der Waals surface area contributed by atoms with Crippen LogP contribution in [-0.2, 0) is 22.3 Å². The van der Waals surface area contributed by atoms with E-state index >= 15 is 0 Å². The third kappa shape index (κ3) is 4.41. The molecule has 2 amide bonds. The van der Waals surface area contributed by atoms with Crippen LogP contribution in [0.4, 0.5) is 18.9 Å². The number of ether oxygens (including phenoxy) is 1. The van der Waals surface area contributed by atoms with Crippen LogP contribution in [-0.4, -0.2) is 35.4 Å². The number of aromatic nitrogens is 1. The molecule has 6 nitrogen and oxygen atoms in total. The Morgan fingerprint density at radius 2 is 2.11 bits per heavy atom. The first-order valence-corrected chi connectivity index (χ1v) is 8.51. The molecular formula is C19H18F3N3O3. The lowest BCUT2D eigenvalue weighted by Gasteiger charge is -2.18. The lowest BCUT2D eigenvalue weighted by Crippen LogP contribution is -2.28. The second-order valence-electron chi connectivity index (χ2n) is 6.42. The molecule has 1 N–H and O–H groups in total. The van der Waals surface area contributed by atoms with Crippen LogP contribution < -0.4 is 10.1 Å². The summed E-state index contributed by atoms with van der Waals surface area (Å²) < 4.78 is 43.6. The molecule has 1 atom stereocenters. The normalized spacial score (nSPS) is 16.9. The Bertz CT molecular complexity index is 886. The number of carbonyl (C=O) groups excluding carboxylic acids is 2. The van der Waals surface area contributed by atoms with E-state index in [1.165, 1.54) is 30.3 Å². The molecule has 1 saturated heterocycles. The van der Waals surface area contributed by atoms with Gasteiger partial charge in [0.25, 0.3) is 0 Å². The molecule has 0 bridgehead atoms. The van der Waals surface area contributed by atoms with Crippen molar-refractivity contribution in [2.24, 2.45) is 5.92 Å². The van der Waals surface area contributed by atoms with Gasteiger partial charge in [-0.15, -0.1) is 0 Å². The molecule has 0 spiro atoms. The summed E-state index contributed by atoms with van der Waals surface area (Å²) in [6, 6.07) is 8.08. The third-order valence-electron chi connectivity index (χ3n) is 4.44. The van der Waals surface area contributed by atoms with E-state index < -0.39 is 17.7 Å². The first-order valence-electron chi connectivity index (χ1n) is 8.51. The molecule has 148 valence electrons. The van der Waals surface area contributed by atoms with Crippen LogP contribution in [0.3, 0.4) is 0 Å². The topological polar surface area (TPSA) is 71.5 Å². The van der Waals surface area contributed by atoms with Crippen molar-refractivity contribution in [3.8, 4) is 5.88 Å². The number of amides is 2. The standard InChI is InChI=1S/C19H18F3N3O3/c1-28-18-15(6-3-7-23-18)24-17(27)13-9-16(26)25(11-13)10-12-4-2-5-14(8-12)19(20,21)22/h2-8,13H,9-11H2,1H3,(H,24,27). The van der Waals surface area contributed by atoms with Gasteiger partial charge in [-0.05, 0) is 29.8 Å². The van der Waals surface area contributed by atoms with Crippen molar-refractivity contribution in [1.29, 1.82) is 0 Å². The number of benzene rings is 1. The van der Waals surface area contributed by atoms with Gasteiger partial charge in [0.2, 0.25) is 17.7 Å². The van der Waals surface area contributed by atoms with E-state index in [4.69, 9.17) is 4.74 Å². The highest BCUT2D eigenvalue weighted by atomic mass is 19.4. The molecule has 1 aromatic carbocycles. The highest BCUT2D eigenvalue weighted by Gasteiger charge is 2.35. The van der Waals surface area contributed by atoms with Gasteiger partial charge in [0.15, 0.2) is 0 Å². The fourth-order valence-corrected chi connectivity index (χ4v) is 3.05. The highest BCUT2D eigenvalue weighted by molar-refractivity contribution is 5.97. The smallest absolute Gasteiger partial charge is 0.416 e. The number of carbonyl (C=O) groups is 2. The van der Waals surface area contributed by atoms with Crippen molar-refractivity contribution in [2.45, 2.75) is 19.1 Å². The van der Waals surface area contributed by atoms with Crippen molar-refractivity contribution < 1.29 is 27.5 Å². The summed E-state index contributed by atoms with van der Waals surface area (Å²) >= 11 is 0. The number of methoxy groups -OCH3 is 1. The van der Waals surface area contributed by atoms with E-state index in [-0.39, 0.29) is 37.2 Å². The molecule has 2 aromatic rings. The summed E-state index contributed by atoms with van der Waals surface area (Å²) in [5.41, 5.74) is -0.0217. The van der Waals surface area contributed by atoms with Crippen LogP contribution in [0.25, 0.3) is 0 Å². The van der Waals surface area contributed by atoms with E-state index in [2.05, 4.69) is 10.3 Å². The second-order valence-corrected chi connectivity index (χ2v) is 6.42. The molecule has 0 aliphatic carbocycles. The zero-order chi connectivity index (χ0) is 20.3. The summed E-state index contributed by atoms with van der Waals surface area (Å²) in [6.45, 7) is 0.145. The number of pyridine rings is 1. The minimum atomic E-state index is -4.45. The molecule has 1 unspecified atom stereocenters. The van der Waals surface area contributed by atoms with Gasteiger partial charge in [-0.3, -0.25) is 9.59 Å². The quantitative estimate of drug-likeness (QED) is 0.848. The van der Waals surface area contributed by atoms with Crippen molar-refractivity contribution in [1.82, 2.24) is 9.88 Å². The number of rotatable bonds is 5. The third-order valence-corrected chi connectivity index (χ3v) is 4.44. The number of halogens is 3. The number of nitrogens with zero attached hydrogens (tertiary/aromatic N) is 2. The number of anilines is 1. The predicted molar refractivity (Wildman–Crippen MR) is 94.4 cm³/mol. The summed E-state index contributed by atoms with van der Waals surface area (Å²) in [5, 5.41) is 2.68. The van der Waals surface area contributed by atoms with Gasteiger partial charge in [-0.25, -0.2) is 4.98 Å². The number of alkyl halides is 3. The maximum absolute atomic E-state index is 12.8. The monoisotopic (exact) mass is 393 g/mol. The van der Waals surface area contributed by atoms with Crippen molar-refractivity contribution in [2.75, 3.05) is 19.0 Å². The molecule has 9 heteroatoms. The Labute approximate surface area is 159 Å². The number of hydrogen-bond donors (Lipinski definition) is 1. The molecule has 1 aromatic heterocycles. The highest BCUT2D eigenvalue weighted by Crippen LogP contribution is 2.30. The number of likely N-dealkylation sites (tertiary alicyclic amines) is 1. The molecular weight excluding hydrogens is 375 g/mol. The minimum absolute atomic E-state index is 0.00657. The van der Waals surface area contributed by atoms with Crippen LogP contribution in [0.15, 0.2) is 42.6 Å². The Morgan fingerprint density at radius 1 is 1.32 bits per heavy atom. The Hall–Kier alpha value is -3.10. The van der Waals surface area contributed by atoms with Crippen LogP contribution in [0, 0.1) is 5.92 Å². The molecule has 1 aliphatic rings. The first-order chi connectivity index (χ1) is 13.3. The maximum atomic E-state index is 12.8. The van der Waals surface area contributed by atoms with Crippen molar-refractivity contribution in [3.63, 3.8) is 0 Å². The van der Waals surface area contributed by atoms with Crippen molar-refractivity contribution in [3.05, 3.63) is 53.7 Å². The lowest BCUT2D eigenvalue weighted by atomic mass is 10.1. The Kier molecular flexibility index (Phi) is 5.53. The Morgan fingerprint density at radius 3 is 2.82 bits per heavy atom. The van der Waals surface area contributed by atoms with E-state index in [1.807, 2.05) is 0 Å². The summed E-state index contributed by atoms with van der Waals surface area (Å²) in [5.74, 6) is -1.01. The van der Waals surface area contributed by atoms with Gasteiger partial charge < -0.3 is 15.0 Å². The molecule has 1 aliphatic heterocycles. The predicted octanol–water partition coefficient (Wildman–Crippen LogP) is 3.10. The SMILES string of the molecule is COc1ncccc1NC(=O)C1CC(=O)N(Cc2cccc(C(F)(F)F)c2)C1. The van der Waals surface area contributed by atoms with Crippen LogP contribution >= 0.6 is 0 Å². The molecule has 0 saturated carbocycles. The zero-order valence-corrected chi connectivity index (χ0v) is 15.0. The minimum Gasteiger partial charge on any atom is -0.480 e. The fraction of sp³-hybridized carbons (Fsp3) is 0.316. The van der Waals surface area contributed by atoms with E-state index in [0.29, 0.717) is 11.3 Å². The molecule has 3 rings (SSSR count). The van der Waals surface area contributed by atoms with Crippen LogP contribution in [0.2, 0.25) is 0 Å². The average molecular weight is 393 g/mol. The summed E-state index contributed by atoms with van der Waals surface area (Å²) in [4.78, 5) is 30.1. The molecule has 28 heavy (non-hydrogen) atoms. The average Bonchev–Trinajstić information content (AvgIpc) is 3.02. The van der Waals surface area contributed by atoms with E-state index in [9.17, 15) is 22.8 Å². The number of hydrogen-bond acceptors (Lipinski definition) is 4. The second kappa shape index (κ2) is 7.87. The van der Waals surface area contributed by atoms with Crippen molar-refractivity contribution >= 4 is 17.5 Å². The maximum Gasteiger partial charge on any atom is 0.416 e. The van der Waals surface area contributed by atoms with Crippen LogP contribution in [0.1, 0.15) is 17.5 Å². The zero-order valence-electron chi connectivity index (χ0n) is 15.0. The summed E-state index contributed by atoms with van der Waals surface area (Å²) in [6.07, 6.45) is -2.94. The first kappa shape index (κ1) is 19.7. The van der Waals surface area contributed by atoms with Gasteiger partial charge in [0.1, 0.15) is 5.69 Å². The van der Waals surface area contributed by atoms with Gasteiger partial charge in [0, 0.05) is 25.7 Å².